The highest BCUT2D eigenvalue weighted by atomic mass is 32.1. The van der Waals surface area contributed by atoms with Crippen molar-refractivity contribution < 1.29 is 9.59 Å². The predicted molar refractivity (Wildman–Crippen MR) is 89.1 cm³/mol. The van der Waals surface area contributed by atoms with Crippen molar-refractivity contribution in [2.45, 2.75) is 44.7 Å². The molecule has 3 amide bonds. The number of fused-ring (bicyclic) bond motifs is 1. The van der Waals surface area contributed by atoms with Crippen LogP contribution in [0.5, 0.6) is 0 Å². The second-order valence-corrected chi connectivity index (χ2v) is 7.63. The molecule has 4 rings (SSSR count). The van der Waals surface area contributed by atoms with E-state index in [-0.39, 0.29) is 24.4 Å². The number of urea groups is 1. The second-order valence-electron chi connectivity index (χ2n) is 6.51. The molecule has 2 unspecified atom stereocenters. The molecule has 2 fully saturated rings. The maximum atomic E-state index is 12.9. The smallest absolute Gasteiger partial charge is 0.323 e. The quantitative estimate of drug-likeness (QED) is 0.860. The van der Waals surface area contributed by atoms with Gasteiger partial charge in [0.2, 0.25) is 0 Å². The van der Waals surface area contributed by atoms with E-state index in [9.17, 15) is 9.59 Å². The zero-order chi connectivity index (χ0) is 16.0. The first-order valence-corrected chi connectivity index (χ1v) is 8.90. The summed E-state index contributed by atoms with van der Waals surface area (Å²) in [5.74, 6) is 0.113. The molecule has 1 aliphatic heterocycles. The fourth-order valence-electron chi connectivity index (χ4n) is 3.76. The third-order valence-corrected chi connectivity index (χ3v) is 6.15. The maximum Gasteiger partial charge on any atom is 0.325 e. The molecule has 0 bridgehead atoms. The van der Waals surface area contributed by atoms with Gasteiger partial charge in [-0.1, -0.05) is 31.9 Å². The molecule has 0 radical (unpaired) electrons. The van der Waals surface area contributed by atoms with E-state index in [4.69, 9.17) is 0 Å². The van der Waals surface area contributed by atoms with Crippen LogP contribution in [-0.4, -0.2) is 27.4 Å². The molecule has 5 nitrogen and oxygen atoms in total. The van der Waals surface area contributed by atoms with Gasteiger partial charge in [0.05, 0.1) is 16.8 Å². The van der Waals surface area contributed by atoms with Gasteiger partial charge in [0.1, 0.15) is 10.5 Å². The fraction of sp³-hybridized carbons (Fsp3) is 0.471. The van der Waals surface area contributed by atoms with Crippen LogP contribution in [0.2, 0.25) is 0 Å². The van der Waals surface area contributed by atoms with E-state index in [1.807, 2.05) is 24.3 Å². The Kier molecular flexibility index (Phi) is 3.37. The number of para-hydroxylation sites is 1. The summed E-state index contributed by atoms with van der Waals surface area (Å²) in [6.45, 7) is 2.33. The van der Waals surface area contributed by atoms with E-state index in [2.05, 4.69) is 17.2 Å². The van der Waals surface area contributed by atoms with Crippen LogP contribution < -0.4 is 5.32 Å². The number of hydrogen-bond donors (Lipinski definition) is 1. The summed E-state index contributed by atoms with van der Waals surface area (Å²) in [5.41, 5.74) is 0.228. The molecule has 1 spiro atoms. The van der Waals surface area contributed by atoms with Crippen LogP contribution in [0.4, 0.5) is 4.79 Å². The van der Waals surface area contributed by atoms with E-state index in [0.717, 1.165) is 40.9 Å². The van der Waals surface area contributed by atoms with Gasteiger partial charge in [-0.05, 0) is 30.9 Å². The summed E-state index contributed by atoms with van der Waals surface area (Å²) < 4.78 is 1.08. The Morgan fingerprint density at radius 3 is 2.96 bits per heavy atom. The molecule has 1 aliphatic carbocycles. The van der Waals surface area contributed by atoms with Crippen LogP contribution in [0.25, 0.3) is 10.2 Å². The molecular weight excluding hydrogens is 310 g/mol. The molecule has 120 valence electrons. The van der Waals surface area contributed by atoms with Gasteiger partial charge in [-0.15, -0.1) is 11.3 Å². The van der Waals surface area contributed by atoms with E-state index in [0.29, 0.717) is 0 Å². The molecule has 1 saturated heterocycles. The van der Waals surface area contributed by atoms with Crippen molar-refractivity contribution in [1.29, 1.82) is 0 Å². The van der Waals surface area contributed by atoms with Gasteiger partial charge in [0, 0.05) is 0 Å². The Hall–Kier alpha value is -1.95. The SMILES string of the molecule is CC1CCCCC12NC(=O)N(Cc1nc3ccccc3s1)C2=O. The lowest BCUT2D eigenvalue weighted by molar-refractivity contribution is -0.134. The number of nitrogens with zero attached hydrogens (tertiary/aromatic N) is 2. The lowest BCUT2D eigenvalue weighted by Gasteiger charge is -2.36. The topological polar surface area (TPSA) is 62.3 Å². The molecule has 6 heteroatoms. The largest absolute Gasteiger partial charge is 0.325 e. The zero-order valence-electron chi connectivity index (χ0n) is 13.0. The van der Waals surface area contributed by atoms with Crippen LogP contribution >= 0.6 is 11.3 Å². The lowest BCUT2D eigenvalue weighted by atomic mass is 9.73. The summed E-state index contributed by atoms with van der Waals surface area (Å²) in [7, 11) is 0. The number of rotatable bonds is 2. The first kappa shape index (κ1) is 14.6. The van der Waals surface area contributed by atoms with E-state index >= 15 is 0 Å². The predicted octanol–water partition coefficient (Wildman–Crippen LogP) is 3.30. The number of imide groups is 1. The Balaban J connectivity index is 1.61. The Bertz CT molecular complexity index is 754. The average molecular weight is 329 g/mol. The Morgan fingerprint density at radius 2 is 2.17 bits per heavy atom. The van der Waals surface area contributed by atoms with Crippen molar-refractivity contribution in [3.8, 4) is 0 Å². The number of hydrogen-bond acceptors (Lipinski definition) is 4. The summed E-state index contributed by atoms with van der Waals surface area (Å²) in [5, 5.41) is 3.79. The van der Waals surface area contributed by atoms with Crippen LogP contribution in [0, 0.1) is 5.92 Å². The number of carbonyl (C=O) groups is 2. The van der Waals surface area contributed by atoms with Crippen molar-refractivity contribution in [3.05, 3.63) is 29.3 Å². The minimum atomic E-state index is -0.688. The van der Waals surface area contributed by atoms with Crippen LogP contribution in [-0.2, 0) is 11.3 Å². The first-order chi connectivity index (χ1) is 11.1. The van der Waals surface area contributed by atoms with Gasteiger partial charge in [-0.3, -0.25) is 9.69 Å². The molecule has 2 aliphatic rings. The highest BCUT2D eigenvalue weighted by Gasteiger charge is 2.54. The summed E-state index contributed by atoms with van der Waals surface area (Å²) in [4.78, 5) is 31.2. The van der Waals surface area contributed by atoms with E-state index in [1.54, 1.807) is 0 Å². The van der Waals surface area contributed by atoms with Crippen molar-refractivity contribution in [2.24, 2.45) is 5.92 Å². The number of amides is 3. The number of carbonyl (C=O) groups excluding carboxylic acids is 2. The Labute approximate surface area is 138 Å². The van der Waals surface area contributed by atoms with Crippen molar-refractivity contribution >= 4 is 33.5 Å². The Morgan fingerprint density at radius 1 is 1.35 bits per heavy atom. The minimum absolute atomic E-state index is 0.0750. The van der Waals surface area contributed by atoms with E-state index in [1.165, 1.54) is 16.2 Å². The highest BCUT2D eigenvalue weighted by molar-refractivity contribution is 7.18. The molecule has 1 N–H and O–H groups in total. The normalized spacial score (nSPS) is 27.9. The first-order valence-electron chi connectivity index (χ1n) is 8.09. The monoisotopic (exact) mass is 329 g/mol. The van der Waals surface area contributed by atoms with Crippen LogP contribution in [0.3, 0.4) is 0 Å². The molecule has 2 heterocycles. The zero-order valence-corrected chi connectivity index (χ0v) is 13.9. The molecule has 1 saturated carbocycles. The standard InChI is InChI=1S/C17H19N3O2S/c1-11-6-4-5-9-17(11)15(21)20(16(22)19-17)10-14-18-12-7-2-3-8-13(12)23-14/h2-3,7-8,11H,4-6,9-10H2,1H3,(H,19,22). The van der Waals surface area contributed by atoms with Gasteiger partial charge in [-0.2, -0.15) is 0 Å². The van der Waals surface area contributed by atoms with E-state index < -0.39 is 5.54 Å². The molecule has 1 aromatic heterocycles. The highest BCUT2D eigenvalue weighted by Crippen LogP contribution is 2.38. The summed E-state index contributed by atoms with van der Waals surface area (Å²) in [6.07, 6.45) is 3.85. The van der Waals surface area contributed by atoms with Gasteiger partial charge in [0.25, 0.3) is 5.91 Å². The van der Waals surface area contributed by atoms with Crippen molar-refractivity contribution in [1.82, 2.24) is 15.2 Å². The summed E-state index contributed by atoms with van der Waals surface area (Å²) >= 11 is 1.54. The molecule has 2 aromatic rings. The van der Waals surface area contributed by atoms with Gasteiger partial charge < -0.3 is 5.32 Å². The van der Waals surface area contributed by atoms with Crippen LogP contribution in [0.15, 0.2) is 24.3 Å². The molecule has 23 heavy (non-hydrogen) atoms. The lowest BCUT2D eigenvalue weighted by Crippen LogP contribution is -2.53. The third kappa shape index (κ3) is 2.24. The number of benzene rings is 1. The number of aromatic nitrogens is 1. The number of thiazole rings is 1. The van der Waals surface area contributed by atoms with Crippen LogP contribution in [0.1, 0.15) is 37.6 Å². The van der Waals surface area contributed by atoms with Gasteiger partial charge in [0.15, 0.2) is 0 Å². The van der Waals surface area contributed by atoms with Crippen molar-refractivity contribution in [2.75, 3.05) is 0 Å². The molecule has 2 atom stereocenters. The van der Waals surface area contributed by atoms with Gasteiger partial charge >= 0.3 is 6.03 Å². The number of nitrogens with one attached hydrogen (secondary N) is 1. The maximum absolute atomic E-state index is 12.9. The van der Waals surface area contributed by atoms with Gasteiger partial charge in [-0.25, -0.2) is 9.78 Å². The summed E-state index contributed by atoms with van der Waals surface area (Å²) in [6, 6.07) is 7.59. The second kappa shape index (κ2) is 5.30. The fourth-order valence-corrected chi connectivity index (χ4v) is 4.72. The van der Waals surface area contributed by atoms with Crippen molar-refractivity contribution in [3.63, 3.8) is 0 Å². The third-order valence-electron chi connectivity index (χ3n) is 5.13. The molecule has 1 aromatic carbocycles. The minimum Gasteiger partial charge on any atom is -0.323 e. The average Bonchev–Trinajstić information content (AvgIpc) is 3.05. The molecular formula is C17H19N3O2S.